The molecular weight excluding hydrogens is 353 g/mol. The lowest BCUT2D eigenvalue weighted by Crippen LogP contribution is -2.28. The molecule has 0 amide bonds. The average Bonchev–Trinajstić information content (AvgIpc) is 2.94. The molecule has 2 heterocycles. The van der Waals surface area contributed by atoms with E-state index in [9.17, 15) is 9.82 Å². The first-order chi connectivity index (χ1) is 13.1. The third-order valence-electron chi connectivity index (χ3n) is 4.01. The van der Waals surface area contributed by atoms with Crippen molar-refractivity contribution in [3.05, 3.63) is 36.3 Å². The number of nitrogens with two attached hydrogens (primary N) is 1. The Morgan fingerprint density at radius 3 is 2.89 bits per heavy atom. The zero-order chi connectivity index (χ0) is 19.2. The zero-order valence-corrected chi connectivity index (χ0v) is 14.6. The number of ether oxygens (including phenoxy) is 2. The summed E-state index contributed by atoms with van der Waals surface area (Å²) in [6.07, 6.45) is 4.93. The first-order valence-corrected chi connectivity index (χ1v) is 8.58. The predicted molar refractivity (Wildman–Crippen MR) is 96.0 cm³/mol. The molecule has 4 N–H and O–H groups in total. The number of hydrogen-bond acceptors (Lipinski definition) is 8. The van der Waals surface area contributed by atoms with Crippen LogP contribution >= 0.6 is 0 Å². The molecule has 3 rings (SSSR count). The Morgan fingerprint density at radius 2 is 2.19 bits per heavy atom. The van der Waals surface area contributed by atoms with E-state index in [1.165, 1.54) is 18.6 Å². The number of nitrogens with zero attached hydrogens (tertiary/aromatic N) is 2. The molecule has 0 aliphatic carbocycles. The van der Waals surface area contributed by atoms with Gasteiger partial charge < -0.3 is 30.0 Å². The van der Waals surface area contributed by atoms with Gasteiger partial charge in [0.2, 0.25) is 5.88 Å². The number of benzene rings is 1. The van der Waals surface area contributed by atoms with Gasteiger partial charge in [0.25, 0.3) is 0 Å². The molecule has 142 valence electrons. The molecular formula is C17H20BN3O6. The maximum Gasteiger partial charge on any atom is 0.492 e. The fraction of sp³-hybridized carbons (Fsp3) is 0.353. The highest BCUT2D eigenvalue weighted by Gasteiger charge is 2.39. The van der Waals surface area contributed by atoms with Crippen molar-refractivity contribution in [2.45, 2.75) is 25.4 Å². The van der Waals surface area contributed by atoms with E-state index < -0.39 is 19.2 Å². The van der Waals surface area contributed by atoms with E-state index in [0.717, 1.165) is 12.8 Å². The zero-order valence-electron chi connectivity index (χ0n) is 14.6. The molecule has 0 fully saturated rings. The van der Waals surface area contributed by atoms with Gasteiger partial charge in [-0.25, -0.2) is 4.98 Å². The summed E-state index contributed by atoms with van der Waals surface area (Å²) in [5, 5.41) is 19.3. The summed E-state index contributed by atoms with van der Waals surface area (Å²) in [6.45, 7) is 0.953. The number of aromatic nitrogens is 2. The van der Waals surface area contributed by atoms with Crippen LogP contribution in [0.3, 0.4) is 0 Å². The van der Waals surface area contributed by atoms with Crippen molar-refractivity contribution in [3.63, 3.8) is 0 Å². The second-order valence-corrected chi connectivity index (χ2v) is 5.99. The van der Waals surface area contributed by atoms with Crippen LogP contribution in [0.4, 0.5) is 0 Å². The van der Waals surface area contributed by atoms with Crippen LogP contribution in [0.2, 0.25) is 0 Å². The molecule has 10 heteroatoms. The van der Waals surface area contributed by atoms with Crippen molar-refractivity contribution in [1.29, 1.82) is 0 Å². The molecule has 2 aromatic rings. The van der Waals surface area contributed by atoms with E-state index in [4.69, 9.17) is 25.0 Å². The summed E-state index contributed by atoms with van der Waals surface area (Å²) in [5.74, 6) is 0.0314. The maximum atomic E-state index is 11.1. The van der Waals surface area contributed by atoms with E-state index in [0.29, 0.717) is 35.7 Å². The Balaban J connectivity index is 1.91. The summed E-state index contributed by atoms with van der Waals surface area (Å²) >= 11 is 0. The van der Waals surface area contributed by atoms with Crippen LogP contribution in [0, 0.1) is 0 Å². The number of carbonyl (C=O) groups is 1. The van der Waals surface area contributed by atoms with Crippen LogP contribution in [0.15, 0.2) is 30.7 Å². The monoisotopic (exact) mass is 373 g/mol. The Kier molecular flexibility index (Phi) is 6.22. The van der Waals surface area contributed by atoms with Crippen molar-refractivity contribution in [2.75, 3.05) is 13.2 Å². The predicted octanol–water partition coefficient (Wildman–Crippen LogP) is 0.620. The number of unbranched alkanes of at least 4 members (excludes halogenated alkanes) is 1. The molecule has 1 atom stereocenters. The van der Waals surface area contributed by atoms with Gasteiger partial charge in [0, 0.05) is 24.0 Å². The second-order valence-electron chi connectivity index (χ2n) is 5.99. The van der Waals surface area contributed by atoms with Gasteiger partial charge in [0.15, 0.2) is 0 Å². The number of carboxylic acid groups (broad SMARTS) is 1. The smallest absolute Gasteiger partial charge is 0.492 e. The number of rotatable bonds is 9. The van der Waals surface area contributed by atoms with Gasteiger partial charge in [-0.3, -0.25) is 9.78 Å². The largest absolute Gasteiger partial charge is 0.493 e. The van der Waals surface area contributed by atoms with Crippen molar-refractivity contribution in [3.8, 4) is 17.4 Å². The molecule has 0 saturated heterocycles. The highest BCUT2D eigenvalue weighted by Crippen LogP contribution is 2.37. The Morgan fingerprint density at radius 1 is 1.33 bits per heavy atom. The van der Waals surface area contributed by atoms with Gasteiger partial charge >= 0.3 is 13.1 Å². The van der Waals surface area contributed by atoms with Crippen LogP contribution in [0.1, 0.15) is 30.9 Å². The van der Waals surface area contributed by atoms with Gasteiger partial charge in [0.1, 0.15) is 11.5 Å². The van der Waals surface area contributed by atoms with E-state index >= 15 is 0 Å². The quantitative estimate of drug-likeness (QED) is 0.427. The van der Waals surface area contributed by atoms with Crippen LogP contribution in [-0.2, 0) is 9.45 Å². The number of aliphatic carboxylic acids is 1. The van der Waals surface area contributed by atoms with Gasteiger partial charge in [-0.2, -0.15) is 0 Å². The van der Waals surface area contributed by atoms with Crippen molar-refractivity contribution >= 4 is 18.6 Å². The molecule has 1 aliphatic rings. The van der Waals surface area contributed by atoms with E-state index in [1.54, 1.807) is 12.1 Å². The molecule has 27 heavy (non-hydrogen) atoms. The fourth-order valence-corrected chi connectivity index (χ4v) is 2.84. The van der Waals surface area contributed by atoms with Gasteiger partial charge in [-0.05, 0) is 30.9 Å². The first kappa shape index (κ1) is 19.1. The fourth-order valence-electron chi connectivity index (χ4n) is 2.84. The van der Waals surface area contributed by atoms with E-state index in [1.807, 2.05) is 0 Å². The highest BCUT2D eigenvalue weighted by molar-refractivity contribution is 6.62. The van der Waals surface area contributed by atoms with Crippen LogP contribution in [0.5, 0.6) is 17.4 Å². The van der Waals surface area contributed by atoms with Crippen molar-refractivity contribution in [2.24, 2.45) is 5.73 Å². The molecule has 1 unspecified atom stereocenters. The van der Waals surface area contributed by atoms with Gasteiger partial charge in [0.05, 0.1) is 25.3 Å². The lowest BCUT2D eigenvalue weighted by Gasteiger charge is -2.16. The molecule has 9 nitrogen and oxygen atoms in total. The van der Waals surface area contributed by atoms with E-state index in [2.05, 4.69) is 9.97 Å². The SMILES string of the molecule is NCCCCOc1cc(Oc2cnccn2)cc2c1C(CC(=O)O)OB2O. The minimum absolute atomic E-state index is 0.280. The lowest BCUT2D eigenvalue weighted by atomic mass is 9.78. The highest BCUT2D eigenvalue weighted by atomic mass is 16.5. The van der Waals surface area contributed by atoms with Crippen molar-refractivity contribution in [1.82, 2.24) is 9.97 Å². The lowest BCUT2D eigenvalue weighted by molar-refractivity contribution is -0.138. The first-order valence-electron chi connectivity index (χ1n) is 8.58. The summed E-state index contributed by atoms with van der Waals surface area (Å²) in [4.78, 5) is 19.1. The molecule has 1 aliphatic heterocycles. The second kappa shape index (κ2) is 8.80. The minimum atomic E-state index is -1.26. The molecule has 0 spiro atoms. The van der Waals surface area contributed by atoms with Crippen LogP contribution in [-0.4, -0.2) is 46.3 Å². The van der Waals surface area contributed by atoms with E-state index in [-0.39, 0.29) is 12.3 Å². The maximum absolute atomic E-state index is 11.1. The van der Waals surface area contributed by atoms with Gasteiger partial charge in [-0.15, -0.1) is 0 Å². The Labute approximate surface area is 156 Å². The Hall–Kier alpha value is -2.69. The number of fused-ring (bicyclic) bond motifs is 1. The van der Waals surface area contributed by atoms with Crippen LogP contribution < -0.4 is 20.7 Å². The standard InChI is InChI=1S/C17H20BN3O6/c19-3-1-2-6-25-13-8-11(26-15-10-20-4-5-21-15)7-12-17(13)14(9-16(22)23)27-18(12)24/h4-5,7-8,10,14,24H,1-3,6,9,19H2,(H,22,23). The molecule has 1 aromatic carbocycles. The minimum Gasteiger partial charge on any atom is -0.493 e. The summed E-state index contributed by atoms with van der Waals surface area (Å²) in [6, 6.07) is 3.22. The third-order valence-corrected chi connectivity index (χ3v) is 4.01. The molecule has 0 radical (unpaired) electrons. The summed E-state index contributed by atoms with van der Waals surface area (Å²) < 4.78 is 16.9. The summed E-state index contributed by atoms with van der Waals surface area (Å²) in [5.41, 5.74) is 6.43. The Bertz CT molecular complexity index is 792. The van der Waals surface area contributed by atoms with Crippen molar-refractivity contribution < 1.29 is 29.1 Å². The van der Waals surface area contributed by atoms with Gasteiger partial charge in [-0.1, -0.05) is 0 Å². The average molecular weight is 373 g/mol. The normalized spacial score (nSPS) is 15.5. The number of carboxylic acids is 1. The molecule has 0 saturated carbocycles. The topological polar surface area (TPSA) is 137 Å². The molecule has 1 aromatic heterocycles. The van der Waals surface area contributed by atoms with Crippen LogP contribution in [0.25, 0.3) is 0 Å². The third kappa shape index (κ3) is 4.73. The number of hydrogen-bond donors (Lipinski definition) is 3. The summed E-state index contributed by atoms with van der Waals surface area (Å²) in [7, 11) is -1.26. The molecule has 0 bridgehead atoms.